The molecule has 17 heavy (non-hydrogen) atoms. The third-order valence-electron chi connectivity index (χ3n) is 3.19. The third-order valence-corrected chi connectivity index (χ3v) is 3.19. The Balaban J connectivity index is 2.61. The zero-order chi connectivity index (χ0) is 13.1. The van der Waals surface area contributed by atoms with E-state index >= 15 is 0 Å². The Bertz CT molecular complexity index is 347. The lowest BCUT2D eigenvalue weighted by Crippen LogP contribution is -2.11. The maximum atomic E-state index is 2.38. The lowest BCUT2D eigenvalue weighted by Gasteiger charge is -2.20. The lowest BCUT2D eigenvalue weighted by atomic mass is 9.85. The topological polar surface area (TPSA) is 0 Å². The van der Waals surface area contributed by atoms with Crippen LogP contribution in [0.4, 0.5) is 0 Å². The molecule has 0 bridgehead atoms. The van der Waals surface area contributed by atoms with Crippen molar-refractivity contribution in [3.05, 3.63) is 35.4 Å². The molecule has 1 rings (SSSR count). The molecule has 1 aromatic rings. The first-order valence-electron chi connectivity index (χ1n) is 6.78. The molecule has 0 nitrogen and oxygen atoms in total. The second kappa shape index (κ2) is 5.25. The van der Waals surface area contributed by atoms with E-state index < -0.39 is 0 Å². The van der Waals surface area contributed by atoms with E-state index in [-0.39, 0.29) is 5.41 Å². The molecular formula is C17H28. The summed E-state index contributed by atoms with van der Waals surface area (Å²) in [7, 11) is 0. The summed E-state index contributed by atoms with van der Waals surface area (Å²) in [5, 5.41) is 0. The van der Waals surface area contributed by atoms with Crippen LogP contribution in [0, 0.1) is 5.41 Å². The Morgan fingerprint density at radius 1 is 0.941 bits per heavy atom. The molecule has 0 saturated heterocycles. The van der Waals surface area contributed by atoms with Gasteiger partial charge in [-0.2, -0.15) is 0 Å². The second-order valence-electron chi connectivity index (χ2n) is 7.36. The van der Waals surface area contributed by atoms with Gasteiger partial charge in [-0.1, -0.05) is 65.8 Å². The van der Waals surface area contributed by atoms with Crippen molar-refractivity contribution in [1.82, 2.24) is 0 Å². The molecule has 96 valence electrons. The number of rotatable bonds is 3. The summed E-state index contributed by atoms with van der Waals surface area (Å²) in [4.78, 5) is 0. The number of benzene rings is 1. The summed E-state index contributed by atoms with van der Waals surface area (Å²) >= 11 is 0. The van der Waals surface area contributed by atoms with Gasteiger partial charge in [0.25, 0.3) is 0 Å². The molecule has 0 spiro atoms. The van der Waals surface area contributed by atoms with Crippen molar-refractivity contribution in [2.24, 2.45) is 5.41 Å². The first kappa shape index (κ1) is 14.3. The molecule has 0 fully saturated rings. The highest BCUT2D eigenvalue weighted by Gasteiger charge is 2.14. The smallest absolute Gasteiger partial charge is 0.0132 e. The van der Waals surface area contributed by atoms with Crippen LogP contribution in [0.3, 0.4) is 0 Å². The molecule has 0 amide bonds. The van der Waals surface area contributed by atoms with Crippen molar-refractivity contribution in [2.75, 3.05) is 0 Å². The predicted octanol–water partition coefficient (Wildman–Crippen LogP) is 5.35. The lowest BCUT2D eigenvalue weighted by molar-refractivity contribution is 0.365. The molecule has 1 aromatic carbocycles. The van der Waals surface area contributed by atoms with Gasteiger partial charge in [-0.3, -0.25) is 0 Å². The summed E-state index contributed by atoms with van der Waals surface area (Å²) in [6.45, 7) is 13.8. The zero-order valence-corrected chi connectivity index (χ0v) is 12.4. The average Bonchev–Trinajstić information content (AvgIpc) is 2.15. The number of aryl methyl sites for hydroxylation is 1. The Labute approximate surface area is 107 Å². The van der Waals surface area contributed by atoms with Gasteiger partial charge in [0.2, 0.25) is 0 Å². The molecule has 0 N–H and O–H groups in total. The van der Waals surface area contributed by atoms with Crippen molar-refractivity contribution < 1.29 is 0 Å². The van der Waals surface area contributed by atoms with Gasteiger partial charge < -0.3 is 0 Å². The molecular weight excluding hydrogens is 204 g/mol. The van der Waals surface area contributed by atoms with Crippen molar-refractivity contribution in [3.8, 4) is 0 Å². The fourth-order valence-corrected chi connectivity index (χ4v) is 2.02. The van der Waals surface area contributed by atoms with Crippen LogP contribution in [-0.2, 0) is 11.8 Å². The van der Waals surface area contributed by atoms with Crippen LogP contribution >= 0.6 is 0 Å². The first-order chi connectivity index (χ1) is 7.68. The van der Waals surface area contributed by atoms with Gasteiger partial charge in [0.05, 0.1) is 0 Å². The third kappa shape index (κ3) is 5.39. The van der Waals surface area contributed by atoms with Gasteiger partial charge in [-0.05, 0) is 41.2 Å². The molecule has 0 heteroatoms. The van der Waals surface area contributed by atoms with Crippen LogP contribution < -0.4 is 0 Å². The Morgan fingerprint density at radius 3 is 2.12 bits per heavy atom. The SMILES string of the molecule is CC(C)(C)CCCc1cccc(C(C)(C)C)c1. The molecule has 0 aromatic heterocycles. The van der Waals surface area contributed by atoms with E-state index in [9.17, 15) is 0 Å². The van der Waals surface area contributed by atoms with E-state index in [1.165, 1.54) is 30.4 Å². The van der Waals surface area contributed by atoms with E-state index in [0.717, 1.165) is 0 Å². The summed E-state index contributed by atoms with van der Waals surface area (Å²) < 4.78 is 0. The first-order valence-corrected chi connectivity index (χ1v) is 6.78. The van der Waals surface area contributed by atoms with Crippen molar-refractivity contribution in [1.29, 1.82) is 0 Å². The van der Waals surface area contributed by atoms with E-state index in [1.54, 1.807) is 0 Å². The fourth-order valence-electron chi connectivity index (χ4n) is 2.02. The zero-order valence-electron chi connectivity index (χ0n) is 12.4. The largest absolute Gasteiger partial charge is 0.0617 e. The summed E-state index contributed by atoms with van der Waals surface area (Å²) in [6.07, 6.45) is 3.80. The fraction of sp³-hybridized carbons (Fsp3) is 0.647. The van der Waals surface area contributed by atoms with E-state index in [1.807, 2.05) is 0 Å². The summed E-state index contributed by atoms with van der Waals surface area (Å²) in [5.74, 6) is 0. The molecule has 0 radical (unpaired) electrons. The van der Waals surface area contributed by atoms with Crippen molar-refractivity contribution in [3.63, 3.8) is 0 Å². The van der Waals surface area contributed by atoms with E-state index in [4.69, 9.17) is 0 Å². The molecule has 0 atom stereocenters. The van der Waals surface area contributed by atoms with Crippen LogP contribution in [0.2, 0.25) is 0 Å². The molecule has 0 heterocycles. The van der Waals surface area contributed by atoms with E-state index in [2.05, 4.69) is 65.8 Å². The minimum Gasteiger partial charge on any atom is -0.0617 e. The Morgan fingerprint density at radius 2 is 1.59 bits per heavy atom. The Kier molecular flexibility index (Phi) is 4.41. The molecule has 0 aliphatic rings. The van der Waals surface area contributed by atoms with Gasteiger partial charge in [0.1, 0.15) is 0 Å². The van der Waals surface area contributed by atoms with Crippen molar-refractivity contribution >= 4 is 0 Å². The van der Waals surface area contributed by atoms with Gasteiger partial charge >= 0.3 is 0 Å². The van der Waals surface area contributed by atoms with Gasteiger partial charge in [-0.15, -0.1) is 0 Å². The van der Waals surface area contributed by atoms with E-state index in [0.29, 0.717) is 5.41 Å². The highest BCUT2D eigenvalue weighted by molar-refractivity contribution is 5.28. The number of hydrogen-bond donors (Lipinski definition) is 0. The minimum atomic E-state index is 0.264. The average molecular weight is 232 g/mol. The maximum Gasteiger partial charge on any atom is -0.0132 e. The maximum absolute atomic E-state index is 2.38. The second-order valence-corrected chi connectivity index (χ2v) is 7.36. The van der Waals surface area contributed by atoms with Crippen LogP contribution in [0.25, 0.3) is 0 Å². The van der Waals surface area contributed by atoms with Crippen molar-refractivity contribution in [2.45, 2.75) is 66.2 Å². The highest BCUT2D eigenvalue weighted by Crippen LogP contribution is 2.25. The summed E-state index contributed by atoms with van der Waals surface area (Å²) in [6, 6.07) is 9.08. The van der Waals surface area contributed by atoms with Crippen LogP contribution in [0.5, 0.6) is 0 Å². The monoisotopic (exact) mass is 232 g/mol. The molecule has 0 aliphatic heterocycles. The van der Waals surface area contributed by atoms with Crippen LogP contribution in [0.15, 0.2) is 24.3 Å². The van der Waals surface area contributed by atoms with Gasteiger partial charge in [-0.25, -0.2) is 0 Å². The van der Waals surface area contributed by atoms with Gasteiger partial charge in [0, 0.05) is 0 Å². The molecule has 0 aliphatic carbocycles. The minimum absolute atomic E-state index is 0.264. The quantitative estimate of drug-likeness (QED) is 0.658. The van der Waals surface area contributed by atoms with Crippen LogP contribution in [-0.4, -0.2) is 0 Å². The Hall–Kier alpha value is -0.780. The normalized spacial score (nSPS) is 12.8. The highest BCUT2D eigenvalue weighted by atomic mass is 14.2. The predicted molar refractivity (Wildman–Crippen MR) is 77.5 cm³/mol. The molecule has 0 saturated carbocycles. The summed E-state index contributed by atoms with van der Waals surface area (Å²) in [5.41, 5.74) is 3.66. The van der Waals surface area contributed by atoms with Crippen LogP contribution in [0.1, 0.15) is 65.5 Å². The molecule has 0 unspecified atom stereocenters. The standard InChI is InChI=1S/C17H28/c1-16(2,3)12-8-10-14-9-7-11-15(13-14)17(4,5)6/h7,9,11,13H,8,10,12H2,1-6H3. The van der Waals surface area contributed by atoms with Gasteiger partial charge in [0.15, 0.2) is 0 Å². The number of hydrogen-bond acceptors (Lipinski definition) is 0.